The van der Waals surface area contributed by atoms with Gasteiger partial charge in [0, 0.05) is 10.4 Å². The van der Waals surface area contributed by atoms with Crippen molar-refractivity contribution < 1.29 is 9.53 Å². The Bertz CT molecular complexity index is 519. The van der Waals surface area contributed by atoms with Crippen molar-refractivity contribution in [2.24, 2.45) is 0 Å². The molecule has 0 fully saturated rings. The number of hydrogen-bond donors (Lipinski definition) is 0. The molecule has 1 heterocycles. The molecule has 2 rings (SSSR count). The highest BCUT2D eigenvalue weighted by molar-refractivity contribution is 7.17. The van der Waals surface area contributed by atoms with Gasteiger partial charge < -0.3 is 4.74 Å². The van der Waals surface area contributed by atoms with Crippen LogP contribution in [0.25, 0.3) is 10.4 Å². The van der Waals surface area contributed by atoms with E-state index < -0.39 is 0 Å². The molecule has 0 N–H and O–H groups in total. The lowest BCUT2D eigenvalue weighted by Crippen LogP contribution is -1.83. The van der Waals surface area contributed by atoms with Crippen LogP contribution in [0.3, 0.4) is 0 Å². The Balaban J connectivity index is 2.43. The molecule has 0 aliphatic heterocycles. The van der Waals surface area contributed by atoms with Crippen LogP contribution in [0.1, 0.15) is 9.67 Å². The van der Waals surface area contributed by atoms with Crippen LogP contribution in [0.4, 0.5) is 0 Å². The molecular weight excluding hydrogens is 244 g/mol. The maximum atomic E-state index is 10.6. The Hall–Kier alpha value is -1.32. The van der Waals surface area contributed by atoms with Crippen LogP contribution in [0.2, 0.25) is 5.02 Å². The predicted octanol–water partition coefficient (Wildman–Crippen LogP) is 3.89. The van der Waals surface area contributed by atoms with Gasteiger partial charge >= 0.3 is 0 Å². The number of halogens is 1. The van der Waals surface area contributed by atoms with E-state index in [1.165, 1.54) is 11.3 Å². The third kappa shape index (κ3) is 2.10. The second-order valence-electron chi connectivity index (χ2n) is 3.17. The number of benzene rings is 1. The zero-order valence-corrected chi connectivity index (χ0v) is 10.1. The minimum atomic E-state index is 0.624. The largest absolute Gasteiger partial charge is 0.497 e. The molecule has 0 bridgehead atoms. The number of ether oxygens (including phenoxy) is 1. The van der Waals surface area contributed by atoms with Crippen molar-refractivity contribution in [2.75, 3.05) is 7.11 Å². The van der Waals surface area contributed by atoms with E-state index in [1.807, 2.05) is 18.2 Å². The van der Waals surface area contributed by atoms with Gasteiger partial charge in [-0.1, -0.05) is 11.6 Å². The van der Waals surface area contributed by atoms with E-state index in [-0.39, 0.29) is 0 Å². The number of hydrogen-bond acceptors (Lipinski definition) is 3. The summed E-state index contributed by atoms with van der Waals surface area (Å²) in [6.07, 6.45) is 0.839. The third-order valence-electron chi connectivity index (χ3n) is 2.18. The van der Waals surface area contributed by atoms with Crippen LogP contribution < -0.4 is 4.74 Å². The normalized spacial score (nSPS) is 10.1. The Morgan fingerprint density at radius 1 is 1.31 bits per heavy atom. The summed E-state index contributed by atoms with van der Waals surface area (Å²) in [5.74, 6) is 0.723. The molecule has 0 aliphatic carbocycles. The van der Waals surface area contributed by atoms with Crippen LogP contribution >= 0.6 is 22.9 Å². The molecule has 0 aliphatic rings. The molecule has 0 saturated heterocycles. The average molecular weight is 253 g/mol. The van der Waals surface area contributed by atoms with Crippen molar-refractivity contribution >= 4 is 29.2 Å². The van der Waals surface area contributed by atoms with Crippen molar-refractivity contribution in [1.82, 2.24) is 0 Å². The van der Waals surface area contributed by atoms with E-state index in [0.29, 0.717) is 9.90 Å². The van der Waals surface area contributed by atoms with E-state index in [1.54, 1.807) is 19.2 Å². The Morgan fingerprint density at radius 3 is 2.69 bits per heavy atom. The van der Waals surface area contributed by atoms with Crippen molar-refractivity contribution in [3.05, 3.63) is 40.2 Å². The lowest BCUT2D eigenvalue weighted by molar-refractivity contribution is 0.112. The van der Waals surface area contributed by atoms with E-state index in [4.69, 9.17) is 16.3 Å². The van der Waals surface area contributed by atoms with Gasteiger partial charge in [-0.2, -0.15) is 0 Å². The average Bonchev–Trinajstić information content (AvgIpc) is 2.77. The summed E-state index contributed by atoms with van der Waals surface area (Å²) in [6, 6.07) is 9.18. The van der Waals surface area contributed by atoms with Crippen LogP contribution in [0, 0.1) is 0 Å². The summed E-state index contributed by atoms with van der Waals surface area (Å²) < 4.78 is 5.08. The minimum absolute atomic E-state index is 0.624. The molecule has 1 aromatic carbocycles. The summed E-state index contributed by atoms with van der Waals surface area (Å²) >= 11 is 7.55. The fourth-order valence-electron chi connectivity index (χ4n) is 1.38. The highest BCUT2D eigenvalue weighted by Gasteiger charge is 2.07. The number of thiophene rings is 1. The zero-order chi connectivity index (χ0) is 11.5. The van der Waals surface area contributed by atoms with Crippen molar-refractivity contribution in [2.45, 2.75) is 0 Å². The Labute approximate surface area is 102 Å². The van der Waals surface area contributed by atoms with E-state index >= 15 is 0 Å². The fourth-order valence-corrected chi connectivity index (χ4v) is 2.57. The monoisotopic (exact) mass is 252 g/mol. The van der Waals surface area contributed by atoms with Crippen LogP contribution in [-0.2, 0) is 0 Å². The van der Waals surface area contributed by atoms with Crippen molar-refractivity contribution in [1.29, 1.82) is 0 Å². The molecule has 0 spiro atoms. The van der Waals surface area contributed by atoms with Crippen LogP contribution in [-0.4, -0.2) is 13.4 Å². The summed E-state index contributed by atoms with van der Waals surface area (Å²) in [7, 11) is 1.60. The van der Waals surface area contributed by atoms with Crippen molar-refractivity contribution in [3.63, 3.8) is 0 Å². The standard InChI is InChI=1S/C12H9ClO2S/c1-15-8-2-4-10(11(13)6-8)12-5-3-9(7-14)16-12/h2-7H,1H3. The lowest BCUT2D eigenvalue weighted by atomic mass is 10.2. The molecular formula is C12H9ClO2S. The van der Waals surface area contributed by atoms with Gasteiger partial charge in [0.2, 0.25) is 0 Å². The number of rotatable bonds is 3. The first-order valence-electron chi connectivity index (χ1n) is 4.63. The number of carbonyl (C=O) groups excluding carboxylic acids is 1. The quantitative estimate of drug-likeness (QED) is 0.775. The summed E-state index contributed by atoms with van der Waals surface area (Å²) in [6.45, 7) is 0. The number of carbonyl (C=O) groups is 1. The van der Waals surface area contributed by atoms with Gasteiger partial charge in [-0.05, 0) is 30.3 Å². The van der Waals surface area contributed by atoms with Crippen molar-refractivity contribution in [3.8, 4) is 16.2 Å². The van der Waals surface area contributed by atoms with Gasteiger partial charge in [0.25, 0.3) is 0 Å². The third-order valence-corrected chi connectivity index (χ3v) is 3.54. The Kier molecular flexibility index (Phi) is 3.27. The fraction of sp³-hybridized carbons (Fsp3) is 0.0833. The van der Waals surface area contributed by atoms with E-state index in [0.717, 1.165) is 22.5 Å². The van der Waals surface area contributed by atoms with Gasteiger partial charge in [-0.15, -0.1) is 11.3 Å². The maximum absolute atomic E-state index is 10.6. The molecule has 0 unspecified atom stereocenters. The Morgan fingerprint density at radius 2 is 2.12 bits per heavy atom. The minimum Gasteiger partial charge on any atom is -0.497 e. The molecule has 0 saturated carbocycles. The number of methoxy groups -OCH3 is 1. The lowest BCUT2D eigenvalue weighted by Gasteiger charge is -2.04. The summed E-state index contributed by atoms with van der Waals surface area (Å²) in [5, 5.41) is 0.624. The smallest absolute Gasteiger partial charge is 0.160 e. The molecule has 0 atom stereocenters. The SMILES string of the molecule is COc1ccc(-c2ccc(C=O)s2)c(Cl)c1. The van der Waals surface area contributed by atoms with Gasteiger partial charge in [0.05, 0.1) is 17.0 Å². The molecule has 0 radical (unpaired) electrons. The summed E-state index contributed by atoms with van der Waals surface area (Å²) in [4.78, 5) is 12.3. The molecule has 16 heavy (non-hydrogen) atoms. The summed E-state index contributed by atoms with van der Waals surface area (Å²) in [5.41, 5.74) is 0.917. The first kappa shape index (κ1) is 11.2. The maximum Gasteiger partial charge on any atom is 0.160 e. The molecule has 82 valence electrons. The van der Waals surface area contributed by atoms with E-state index in [2.05, 4.69) is 0 Å². The predicted molar refractivity (Wildman–Crippen MR) is 66.7 cm³/mol. The van der Waals surface area contributed by atoms with Gasteiger partial charge in [-0.3, -0.25) is 4.79 Å². The molecule has 0 amide bonds. The van der Waals surface area contributed by atoms with E-state index in [9.17, 15) is 4.79 Å². The molecule has 2 nitrogen and oxygen atoms in total. The second kappa shape index (κ2) is 4.68. The van der Waals surface area contributed by atoms with Gasteiger partial charge in [-0.25, -0.2) is 0 Å². The molecule has 2 aromatic rings. The van der Waals surface area contributed by atoms with Crippen LogP contribution in [0.15, 0.2) is 30.3 Å². The second-order valence-corrected chi connectivity index (χ2v) is 4.69. The van der Waals surface area contributed by atoms with Gasteiger partial charge in [0.1, 0.15) is 5.75 Å². The highest BCUT2D eigenvalue weighted by atomic mass is 35.5. The molecule has 4 heteroatoms. The first-order chi connectivity index (χ1) is 7.74. The first-order valence-corrected chi connectivity index (χ1v) is 5.83. The highest BCUT2D eigenvalue weighted by Crippen LogP contribution is 2.34. The molecule has 1 aromatic heterocycles. The topological polar surface area (TPSA) is 26.3 Å². The van der Waals surface area contributed by atoms with Gasteiger partial charge in [0.15, 0.2) is 6.29 Å². The number of aldehydes is 1. The van der Waals surface area contributed by atoms with Crippen LogP contribution in [0.5, 0.6) is 5.75 Å². The zero-order valence-electron chi connectivity index (χ0n) is 8.57.